The Bertz CT molecular complexity index is 1820. The van der Waals surface area contributed by atoms with Gasteiger partial charge >= 0.3 is 0 Å². The SMILES string of the molecule is CCOc1ccccc1-c1cc(-c2nnc(SCc3ccccc3Cl)n2C)c2ccc(Oc3ccccc3)cc2n1. The molecule has 0 N–H and O–H groups in total. The van der Waals surface area contributed by atoms with E-state index < -0.39 is 0 Å². The molecular formula is C33H27ClN4O2S. The van der Waals surface area contributed by atoms with E-state index in [4.69, 9.17) is 26.1 Å². The van der Waals surface area contributed by atoms with Crippen molar-refractivity contribution < 1.29 is 9.47 Å². The minimum atomic E-state index is 0.557. The smallest absolute Gasteiger partial charge is 0.191 e. The normalized spacial score (nSPS) is 11.1. The molecule has 0 bridgehead atoms. The highest BCUT2D eigenvalue weighted by Crippen LogP contribution is 2.37. The van der Waals surface area contributed by atoms with E-state index in [1.54, 1.807) is 11.8 Å². The van der Waals surface area contributed by atoms with Crippen LogP contribution in [0.25, 0.3) is 33.5 Å². The second-order valence-electron chi connectivity index (χ2n) is 9.32. The van der Waals surface area contributed by atoms with Gasteiger partial charge in [-0.1, -0.05) is 71.9 Å². The highest BCUT2D eigenvalue weighted by molar-refractivity contribution is 7.98. The number of benzene rings is 4. The molecular weight excluding hydrogens is 552 g/mol. The third-order valence-electron chi connectivity index (χ3n) is 6.61. The average Bonchev–Trinajstić information content (AvgIpc) is 3.36. The van der Waals surface area contributed by atoms with Crippen LogP contribution < -0.4 is 9.47 Å². The Balaban J connectivity index is 1.44. The van der Waals surface area contributed by atoms with E-state index in [1.165, 1.54) is 0 Å². The second kappa shape index (κ2) is 12.0. The first-order chi connectivity index (χ1) is 20.1. The number of hydrogen-bond donors (Lipinski definition) is 0. The zero-order chi connectivity index (χ0) is 28.2. The molecule has 0 amide bonds. The third-order valence-corrected chi connectivity index (χ3v) is 8.05. The fourth-order valence-electron chi connectivity index (χ4n) is 4.61. The Labute approximate surface area is 248 Å². The Morgan fingerprint density at radius 2 is 1.59 bits per heavy atom. The molecule has 0 atom stereocenters. The number of thioether (sulfide) groups is 1. The fraction of sp³-hybridized carbons (Fsp3) is 0.121. The number of halogens is 1. The first-order valence-electron chi connectivity index (χ1n) is 13.3. The Kier molecular flexibility index (Phi) is 7.89. The van der Waals surface area contributed by atoms with Crippen LogP contribution in [0.2, 0.25) is 5.02 Å². The van der Waals surface area contributed by atoms with Gasteiger partial charge in [0.25, 0.3) is 0 Å². The van der Waals surface area contributed by atoms with Crippen molar-refractivity contribution in [2.75, 3.05) is 6.61 Å². The van der Waals surface area contributed by atoms with E-state index in [0.717, 1.165) is 60.8 Å². The molecule has 0 saturated heterocycles. The van der Waals surface area contributed by atoms with Gasteiger partial charge in [-0.25, -0.2) is 4.98 Å². The van der Waals surface area contributed by atoms with Gasteiger partial charge in [-0.15, -0.1) is 10.2 Å². The lowest BCUT2D eigenvalue weighted by atomic mass is 10.0. The summed E-state index contributed by atoms with van der Waals surface area (Å²) < 4.78 is 14.1. The number of hydrogen-bond acceptors (Lipinski definition) is 6. The van der Waals surface area contributed by atoms with Crippen LogP contribution in [0.3, 0.4) is 0 Å². The number of para-hydroxylation sites is 2. The van der Waals surface area contributed by atoms with E-state index in [-0.39, 0.29) is 0 Å². The monoisotopic (exact) mass is 578 g/mol. The quantitative estimate of drug-likeness (QED) is 0.160. The number of fused-ring (bicyclic) bond motifs is 1. The van der Waals surface area contributed by atoms with Gasteiger partial charge in [0.05, 0.1) is 17.8 Å². The van der Waals surface area contributed by atoms with Gasteiger partial charge < -0.3 is 14.0 Å². The number of aromatic nitrogens is 4. The van der Waals surface area contributed by atoms with Gasteiger partial charge in [0.1, 0.15) is 17.2 Å². The molecule has 4 aromatic carbocycles. The summed E-state index contributed by atoms with van der Waals surface area (Å²) in [6.45, 7) is 2.53. The zero-order valence-electron chi connectivity index (χ0n) is 22.6. The number of pyridine rings is 1. The molecule has 8 heteroatoms. The molecule has 0 saturated carbocycles. The molecule has 6 aromatic rings. The van der Waals surface area contributed by atoms with Crippen LogP contribution in [0.4, 0.5) is 0 Å². The fourth-order valence-corrected chi connectivity index (χ4v) is 5.81. The minimum absolute atomic E-state index is 0.557. The van der Waals surface area contributed by atoms with Crippen molar-refractivity contribution in [2.24, 2.45) is 7.05 Å². The summed E-state index contributed by atoms with van der Waals surface area (Å²) in [6, 6.07) is 33.5. The summed E-state index contributed by atoms with van der Waals surface area (Å²) in [5.41, 5.74) is 4.44. The first kappa shape index (κ1) is 26.9. The summed E-state index contributed by atoms with van der Waals surface area (Å²) in [5.74, 6) is 3.67. The van der Waals surface area contributed by atoms with Crippen molar-refractivity contribution in [3.63, 3.8) is 0 Å². The average molecular weight is 579 g/mol. The predicted molar refractivity (Wildman–Crippen MR) is 166 cm³/mol. The summed E-state index contributed by atoms with van der Waals surface area (Å²) in [5, 5.41) is 11.6. The Morgan fingerprint density at radius 3 is 2.41 bits per heavy atom. The van der Waals surface area contributed by atoms with E-state index >= 15 is 0 Å². The maximum atomic E-state index is 6.39. The van der Waals surface area contributed by atoms with Gasteiger partial charge in [0.15, 0.2) is 11.0 Å². The zero-order valence-corrected chi connectivity index (χ0v) is 24.2. The number of rotatable bonds is 9. The van der Waals surface area contributed by atoms with Gasteiger partial charge in [-0.3, -0.25) is 0 Å². The van der Waals surface area contributed by atoms with Crippen LogP contribution >= 0.6 is 23.4 Å². The van der Waals surface area contributed by atoms with Crippen molar-refractivity contribution >= 4 is 34.3 Å². The lowest BCUT2D eigenvalue weighted by molar-refractivity contribution is 0.341. The standard InChI is InChI=1S/C33H27ClN4O2S/c1-3-39-31-16-10-8-14-26(31)30-20-27(25-18-17-24(19-29(25)35-30)40-23-12-5-4-6-13-23)32-36-37-33(38(32)2)41-21-22-11-7-9-15-28(22)34/h4-20H,3,21H2,1-2H3. The Morgan fingerprint density at radius 1 is 0.805 bits per heavy atom. The largest absolute Gasteiger partial charge is 0.493 e. The summed E-state index contributed by atoms with van der Waals surface area (Å²) >= 11 is 7.99. The van der Waals surface area contributed by atoms with E-state index in [1.807, 2.05) is 116 Å². The highest BCUT2D eigenvalue weighted by Gasteiger charge is 2.19. The van der Waals surface area contributed by atoms with E-state index in [2.05, 4.69) is 16.3 Å². The van der Waals surface area contributed by atoms with Crippen LogP contribution in [-0.4, -0.2) is 26.4 Å². The molecule has 0 spiro atoms. The molecule has 41 heavy (non-hydrogen) atoms. The lowest BCUT2D eigenvalue weighted by Gasteiger charge is -2.14. The minimum Gasteiger partial charge on any atom is -0.493 e. The van der Waals surface area contributed by atoms with Crippen LogP contribution in [0.5, 0.6) is 17.2 Å². The van der Waals surface area contributed by atoms with Crippen LogP contribution in [0.15, 0.2) is 108 Å². The van der Waals surface area contributed by atoms with Gasteiger partial charge in [0, 0.05) is 40.4 Å². The number of ether oxygens (including phenoxy) is 2. The maximum absolute atomic E-state index is 6.39. The van der Waals surface area contributed by atoms with Crippen molar-refractivity contribution in [1.29, 1.82) is 0 Å². The van der Waals surface area contributed by atoms with Crippen LogP contribution in [0.1, 0.15) is 12.5 Å². The van der Waals surface area contributed by atoms with E-state index in [0.29, 0.717) is 18.1 Å². The molecule has 6 rings (SSSR count). The molecule has 0 aliphatic heterocycles. The van der Waals surface area contributed by atoms with Crippen LogP contribution in [0, 0.1) is 0 Å². The van der Waals surface area contributed by atoms with Crippen LogP contribution in [-0.2, 0) is 12.8 Å². The van der Waals surface area contributed by atoms with Crippen molar-refractivity contribution in [2.45, 2.75) is 17.8 Å². The van der Waals surface area contributed by atoms with Crippen molar-refractivity contribution in [1.82, 2.24) is 19.7 Å². The molecule has 0 unspecified atom stereocenters. The second-order valence-corrected chi connectivity index (χ2v) is 10.7. The third kappa shape index (κ3) is 5.78. The van der Waals surface area contributed by atoms with E-state index in [9.17, 15) is 0 Å². The first-order valence-corrected chi connectivity index (χ1v) is 14.6. The lowest BCUT2D eigenvalue weighted by Crippen LogP contribution is -1.99. The van der Waals surface area contributed by atoms with Crippen molar-refractivity contribution in [3.8, 4) is 39.9 Å². The molecule has 2 aromatic heterocycles. The highest BCUT2D eigenvalue weighted by atomic mass is 35.5. The molecule has 204 valence electrons. The van der Waals surface area contributed by atoms with Gasteiger partial charge in [-0.2, -0.15) is 0 Å². The van der Waals surface area contributed by atoms with Crippen molar-refractivity contribution in [3.05, 3.63) is 114 Å². The molecule has 0 aliphatic carbocycles. The summed E-state index contributed by atoms with van der Waals surface area (Å²) in [6.07, 6.45) is 0. The summed E-state index contributed by atoms with van der Waals surface area (Å²) in [4.78, 5) is 5.06. The molecule has 0 fully saturated rings. The Hall–Kier alpha value is -4.33. The molecule has 0 radical (unpaired) electrons. The predicted octanol–water partition coefficient (Wildman–Crippen LogP) is 8.83. The van der Waals surface area contributed by atoms with Gasteiger partial charge in [0.2, 0.25) is 0 Å². The maximum Gasteiger partial charge on any atom is 0.191 e. The topological polar surface area (TPSA) is 62.1 Å². The number of nitrogens with zero attached hydrogens (tertiary/aromatic N) is 4. The molecule has 0 aliphatic rings. The molecule has 6 nitrogen and oxygen atoms in total. The van der Waals surface area contributed by atoms with Gasteiger partial charge in [-0.05, 0) is 61.0 Å². The summed E-state index contributed by atoms with van der Waals surface area (Å²) in [7, 11) is 1.98. The molecule has 2 heterocycles.